The van der Waals surface area contributed by atoms with Gasteiger partial charge < -0.3 is 15.6 Å². The number of anilines is 2. The number of hydrogen-bond acceptors (Lipinski definition) is 7. The number of phenolic OH excluding ortho intramolecular Hbond substituents is 1. The van der Waals surface area contributed by atoms with Crippen LogP contribution in [0, 0.1) is 22.1 Å². The van der Waals surface area contributed by atoms with Crippen LogP contribution in [-0.2, 0) is 10.0 Å². The lowest BCUT2D eigenvalue weighted by atomic mass is 10.3. The van der Waals surface area contributed by atoms with Crippen molar-refractivity contribution in [1.29, 1.82) is 10.7 Å². The first-order valence-corrected chi connectivity index (χ1v) is 12.9. The van der Waals surface area contributed by atoms with E-state index >= 15 is 0 Å². The number of para-hydroxylation sites is 1. The highest BCUT2D eigenvalue weighted by Gasteiger charge is 2.33. The zero-order valence-electron chi connectivity index (χ0n) is 16.4. The average molecular weight is 562 g/mol. The Hall–Kier alpha value is -2.05. The second-order valence-electron chi connectivity index (χ2n) is 6.68. The molecule has 1 aliphatic heterocycles. The minimum absolute atomic E-state index is 0.0357. The van der Waals surface area contributed by atoms with Crippen molar-refractivity contribution in [1.82, 2.24) is 4.83 Å². The maximum Gasteiger partial charge on any atom is 0.287 e. The van der Waals surface area contributed by atoms with Crippen LogP contribution >= 0.6 is 39.3 Å². The Morgan fingerprint density at radius 1 is 1.31 bits per heavy atom. The summed E-state index contributed by atoms with van der Waals surface area (Å²) in [6.07, 6.45) is 1.85. The van der Waals surface area contributed by atoms with Gasteiger partial charge in [0, 0.05) is 16.0 Å². The molecule has 32 heavy (non-hydrogen) atoms. The smallest absolute Gasteiger partial charge is 0.287 e. The van der Waals surface area contributed by atoms with Gasteiger partial charge in [0.25, 0.3) is 10.0 Å². The van der Waals surface area contributed by atoms with Crippen molar-refractivity contribution in [3.8, 4) is 11.9 Å². The molecule has 0 unspecified atom stereocenters. The van der Waals surface area contributed by atoms with E-state index in [1.807, 2.05) is 6.19 Å². The third-order valence-corrected chi connectivity index (χ3v) is 8.07. The van der Waals surface area contributed by atoms with E-state index in [1.54, 1.807) is 36.0 Å². The molecule has 0 saturated carbocycles. The third kappa shape index (κ3) is 5.29. The van der Waals surface area contributed by atoms with Gasteiger partial charge >= 0.3 is 0 Å². The van der Waals surface area contributed by atoms with E-state index in [-0.39, 0.29) is 23.8 Å². The standard InChI is InChI=1S/C18H18BrClN6O4S2/c19-12-3-1-2-4-15(12)25(11-21)18(22)23-14-6-5-13(20)17(16(14)27)32(29,30)24-26(28)7-9-31-10-8-26/h1-6,24,27H,7-10H2,(H2,22,23). The molecule has 4 N–H and O–H groups in total. The number of guanidine groups is 1. The lowest BCUT2D eigenvalue weighted by molar-refractivity contribution is -0.906. The van der Waals surface area contributed by atoms with Gasteiger partial charge in [-0.25, -0.2) is 13.3 Å². The molecule has 1 saturated heterocycles. The SMILES string of the molecule is N#CN(C(=N)Nc1ccc(Cl)c(S(=O)(=O)N[N+]2([O-])CCSCC2)c1O)c1ccccc1Br. The summed E-state index contributed by atoms with van der Waals surface area (Å²) < 4.78 is 25.2. The number of phenols is 1. The minimum Gasteiger partial charge on any atom is -0.611 e. The number of aromatic hydroxyl groups is 1. The predicted molar refractivity (Wildman–Crippen MR) is 128 cm³/mol. The monoisotopic (exact) mass is 560 g/mol. The molecule has 0 atom stereocenters. The van der Waals surface area contributed by atoms with Crippen LogP contribution in [0.1, 0.15) is 0 Å². The molecule has 1 aliphatic rings. The molecule has 2 aromatic rings. The molecule has 0 radical (unpaired) electrons. The van der Waals surface area contributed by atoms with Gasteiger partial charge in [0.05, 0.1) is 16.4 Å². The Bertz CT molecular complexity index is 1180. The summed E-state index contributed by atoms with van der Waals surface area (Å²) in [5, 5.41) is 43.4. The average Bonchev–Trinajstić information content (AvgIpc) is 2.71. The van der Waals surface area contributed by atoms with Gasteiger partial charge in [-0.15, -0.1) is 0 Å². The first-order valence-electron chi connectivity index (χ1n) is 9.09. The Morgan fingerprint density at radius 3 is 2.59 bits per heavy atom. The van der Waals surface area contributed by atoms with Crippen molar-refractivity contribution < 1.29 is 18.3 Å². The van der Waals surface area contributed by atoms with Crippen LogP contribution in [0.25, 0.3) is 0 Å². The molecule has 3 rings (SSSR count). The first kappa shape index (κ1) is 24.6. The Kier molecular flexibility index (Phi) is 7.56. The van der Waals surface area contributed by atoms with Gasteiger partial charge in [-0.1, -0.05) is 28.6 Å². The minimum atomic E-state index is -4.50. The summed E-state index contributed by atoms with van der Waals surface area (Å²) >= 11 is 10.9. The van der Waals surface area contributed by atoms with Crippen molar-refractivity contribution in [2.45, 2.75) is 4.90 Å². The second-order valence-corrected chi connectivity index (χ2v) is 10.8. The van der Waals surface area contributed by atoms with E-state index in [4.69, 9.17) is 17.0 Å². The zero-order valence-corrected chi connectivity index (χ0v) is 20.4. The van der Waals surface area contributed by atoms with Crippen LogP contribution in [0.2, 0.25) is 5.02 Å². The number of sulfonamides is 1. The fraction of sp³-hybridized carbons (Fsp3) is 0.222. The highest BCUT2D eigenvalue weighted by atomic mass is 79.9. The summed E-state index contributed by atoms with van der Waals surface area (Å²) in [4.78, 5) is 2.31. The lowest BCUT2D eigenvalue weighted by Gasteiger charge is -2.43. The van der Waals surface area contributed by atoms with Gasteiger partial charge in [0.15, 0.2) is 11.9 Å². The summed E-state index contributed by atoms with van der Waals surface area (Å²) in [6, 6.07) is 9.17. The van der Waals surface area contributed by atoms with Gasteiger partial charge in [-0.3, -0.25) is 10.2 Å². The summed E-state index contributed by atoms with van der Waals surface area (Å²) in [6.45, 7) is 0.0713. The van der Waals surface area contributed by atoms with Crippen LogP contribution in [0.5, 0.6) is 5.75 Å². The molecule has 2 aromatic carbocycles. The number of hydroxylamine groups is 2. The number of benzene rings is 2. The fourth-order valence-corrected chi connectivity index (χ4v) is 6.31. The molecule has 1 fully saturated rings. The molecule has 0 amide bonds. The Morgan fingerprint density at radius 2 is 1.97 bits per heavy atom. The number of nitrogens with one attached hydrogen (secondary N) is 3. The molecule has 0 aromatic heterocycles. The van der Waals surface area contributed by atoms with Gasteiger partial charge in [-0.05, 0) is 40.2 Å². The van der Waals surface area contributed by atoms with Gasteiger partial charge in [0.2, 0.25) is 5.96 Å². The molecule has 0 bridgehead atoms. The fourth-order valence-electron chi connectivity index (χ4n) is 2.94. The molecular weight excluding hydrogens is 544 g/mol. The number of thioether (sulfide) groups is 1. The quantitative estimate of drug-likeness (QED) is 0.0824. The van der Waals surface area contributed by atoms with E-state index in [1.165, 1.54) is 12.1 Å². The number of rotatable bonds is 5. The van der Waals surface area contributed by atoms with Crippen LogP contribution in [0.4, 0.5) is 11.4 Å². The van der Waals surface area contributed by atoms with Crippen LogP contribution < -0.4 is 15.0 Å². The lowest BCUT2D eigenvalue weighted by Crippen LogP contribution is -2.59. The van der Waals surface area contributed by atoms with E-state index in [2.05, 4.69) is 26.1 Å². The molecule has 170 valence electrons. The van der Waals surface area contributed by atoms with Crippen LogP contribution in [0.3, 0.4) is 0 Å². The highest BCUT2D eigenvalue weighted by Crippen LogP contribution is 2.37. The normalized spacial score (nSPS) is 15.6. The number of hydrogen-bond donors (Lipinski definition) is 4. The summed E-state index contributed by atoms with van der Waals surface area (Å²) in [7, 11) is -4.50. The predicted octanol–water partition coefficient (Wildman–Crippen LogP) is 3.40. The van der Waals surface area contributed by atoms with Crippen molar-refractivity contribution in [3.63, 3.8) is 0 Å². The maximum absolute atomic E-state index is 12.9. The molecule has 0 aliphatic carbocycles. The summed E-state index contributed by atoms with van der Waals surface area (Å²) in [5.74, 6) is -0.251. The Labute approximate surface area is 202 Å². The topological polar surface area (TPSA) is 152 Å². The van der Waals surface area contributed by atoms with Gasteiger partial charge in [0.1, 0.15) is 18.0 Å². The van der Waals surface area contributed by atoms with Crippen molar-refractivity contribution in [3.05, 3.63) is 51.1 Å². The Balaban J connectivity index is 1.91. The zero-order chi connectivity index (χ0) is 23.5. The molecule has 0 spiro atoms. The van der Waals surface area contributed by atoms with Crippen molar-refractivity contribution in [2.24, 2.45) is 0 Å². The second kappa shape index (κ2) is 9.84. The summed E-state index contributed by atoms with van der Waals surface area (Å²) in [5.41, 5.74) is 0.176. The number of nitrogens with zero attached hydrogens (tertiary/aromatic N) is 3. The largest absolute Gasteiger partial charge is 0.611 e. The maximum atomic E-state index is 12.9. The molecular formula is C18H18BrClN6O4S2. The van der Waals surface area contributed by atoms with E-state index < -0.39 is 31.4 Å². The van der Waals surface area contributed by atoms with E-state index in [9.17, 15) is 24.0 Å². The van der Waals surface area contributed by atoms with E-state index in [0.717, 1.165) is 4.90 Å². The van der Waals surface area contributed by atoms with Crippen molar-refractivity contribution in [2.75, 3.05) is 34.8 Å². The third-order valence-electron chi connectivity index (χ3n) is 4.50. The molecule has 1 heterocycles. The van der Waals surface area contributed by atoms with Gasteiger partial charge in [-0.2, -0.15) is 17.0 Å². The number of halogens is 2. The molecule has 10 nitrogen and oxygen atoms in total. The number of quaternary nitrogens is 1. The highest BCUT2D eigenvalue weighted by molar-refractivity contribution is 9.10. The van der Waals surface area contributed by atoms with Crippen LogP contribution in [-0.4, -0.2) is 48.8 Å². The molecule has 14 heteroatoms. The van der Waals surface area contributed by atoms with Crippen LogP contribution in [0.15, 0.2) is 45.8 Å². The van der Waals surface area contributed by atoms with E-state index in [0.29, 0.717) is 21.7 Å². The van der Waals surface area contributed by atoms with Crippen molar-refractivity contribution >= 4 is 66.7 Å². The number of nitriles is 1. The first-order chi connectivity index (χ1) is 15.1.